The Bertz CT molecular complexity index is 361. The van der Waals surface area contributed by atoms with Crippen LogP contribution in [0.2, 0.25) is 0 Å². The summed E-state index contributed by atoms with van der Waals surface area (Å²) in [4.78, 5) is 0. The summed E-state index contributed by atoms with van der Waals surface area (Å²) < 4.78 is 0. The Kier molecular flexibility index (Phi) is 5.04. The molecule has 0 radical (unpaired) electrons. The summed E-state index contributed by atoms with van der Waals surface area (Å²) in [7, 11) is 2.16. The van der Waals surface area contributed by atoms with Crippen molar-refractivity contribution in [3.63, 3.8) is 0 Å². The van der Waals surface area contributed by atoms with Crippen LogP contribution in [0, 0.1) is 5.92 Å². The van der Waals surface area contributed by atoms with E-state index in [1.807, 2.05) is 0 Å². The average Bonchev–Trinajstić information content (AvgIpc) is 2.99. The van der Waals surface area contributed by atoms with Gasteiger partial charge in [-0.3, -0.25) is 0 Å². The zero-order valence-corrected chi connectivity index (χ0v) is 12.8. The van der Waals surface area contributed by atoms with Gasteiger partial charge in [-0.05, 0) is 44.2 Å². The highest BCUT2D eigenvalue weighted by atomic mass is 14.9. The first-order chi connectivity index (χ1) is 9.28. The van der Waals surface area contributed by atoms with Crippen molar-refractivity contribution < 1.29 is 0 Å². The molecule has 1 heteroatoms. The SMILES string of the molecule is CCC(CC)(c1ccccc1)C(NC)C1CCCC1. The van der Waals surface area contributed by atoms with Gasteiger partial charge in [-0.1, -0.05) is 57.0 Å². The average molecular weight is 259 g/mol. The summed E-state index contributed by atoms with van der Waals surface area (Å²) >= 11 is 0. The van der Waals surface area contributed by atoms with E-state index in [-0.39, 0.29) is 0 Å². The smallest absolute Gasteiger partial charge is 0.0189 e. The first-order valence-corrected chi connectivity index (χ1v) is 8.01. The van der Waals surface area contributed by atoms with Crippen molar-refractivity contribution in [2.24, 2.45) is 5.92 Å². The van der Waals surface area contributed by atoms with Crippen LogP contribution in [-0.4, -0.2) is 13.1 Å². The lowest BCUT2D eigenvalue weighted by Gasteiger charge is -2.43. The summed E-state index contributed by atoms with van der Waals surface area (Å²) in [6.45, 7) is 4.71. The molecule has 0 aliphatic heterocycles. The number of benzene rings is 1. The molecule has 1 unspecified atom stereocenters. The van der Waals surface area contributed by atoms with Gasteiger partial charge in [0.25, 0.3) is 0 Å². The highest BCUT2D eigenvalue weighted by molar-refractivity contribution is 5.28. The molecular weight excluding hydrogens is 230 g/mol. The van der Waals surface area contributed by atoms with E-state index in [4.69, 9.17) is 0 Å². The van der Waals surface area contributed by atoms with Gasteiger partial charge in [0.05, 0.1) is 0 Å². The highest BCUT2D eigenvalue weighted by Crippen LogP contribution is 2.42. The zero-order chi connectivity index (χ0) is 13.7. The van der Waals surface area contributed by atoms with Crippen LogP contribution in [0.1, 0.15) is 57.9 Å². The molecule has 1 fully saturated rings. The summed E-state index contributed by atoms with van der Waals surface area (Å²) in [5, 5.41) is 3.69. The Morgan fingerprint density at radius 2 is 1.68 bits per heavy atom. The van der Waals surface area contributed by atoms with Crippen LogP contribution in [0.5, 0.6) is 0 Å². The molecule has 0 heterocycles. The lowest BCUT2D eigenvalue weighted by molar-refractivity contribution is 0.210. The lowest BCUT2D eigenvalue weighted by Crippen LogP contribution is -2.50. The van der Waals surface area contributed by atoms with Crippen molar-refractivity contribution in [2.45, 2.75) is 63.8 Å². The van der Waals surface area contributed by atoms with Gasteiger partial charge in [0.1, 0.15) is 0 Å². The third kappa shape index (κ3) is 2.72. The number of nitrogens with one attached hydrogen (secondary N) is 1. The van der Waals surface area contributed by atoms with E-state index in [9.17, 15) is 0 Å². The molecule has 19 heavy (non-hydrogen) atoms. The molecule has 1 aliphatic carbocycles. The van der Waals surface area contributed by atoms with Crippen LogP contribution in [0.4, 0.5) is 0 Å². The minimum Gasteiger partial charge on any atom is -0.316 e. The molecule has 0 saturated heterocycles. The number of hydrogen-bond acceptors (Lipinski definition) is 1. The molecule has 0 aromatic heterocycles. The lowest BCUT2D eigenvalue weighted by atomic mass is 9.66. The molecule has 0 spiro atoms. The van der Waals surface area contributed by atoms with Crippen molar-refractivity contribution in [1.82, 2.24) is 5.32 Å². The van der Waals surface area contributed by atoms with Crippen molar-refractivity contribution in [1.29, 1.82) is 0 Å². The minimum atomic E-state index is 0.297. The van der Waals surface area contributed by atoms with Gasteiger partial charge in [0.2, 0.25) is 0 Å². The minimum absolute atomic E-state index is 0.297. The van der Waals surface area contributed by atoms with Gasteiger partial charge in [0.15, 0.2) is 0 Å². The summed E-state index contributed by atoms with van der Waals surface area (Å²) in [5.41, 5.74) is 1.82. The molecule has 1 saturated carbocycles. The quantitative estimate of drug-likeness (QED) is 0.792. The van der Waals surface area contributed by atoms with Crippen molar-refractivity contribution in [3.8, 4) is 0 Å². The predicted molar refractivity (Wildman–Crippen MR) is 83.5 cm³/mol. The molecule has 0 bridgehead atoms. The van der Waals surface area contributed by atoms with Crippen LogP contribution in [0.15, 0.2) is 30.3 Å². The van der Waals surface area contributed by atoms with Gasteiger partial charge in [-0.15, -0.1) is 0 Å². The molecule has 1 atom stereocenters. The van der Waals surface area contributed by atoms with Gasteiger partial charge < -0.3 is 5.32 Å². The van der Waals surface area contributed by atoms with E-state index in [1.54, 1.807) is 0 Å². The summed E-state index contributed by atoms with van der Waals surface area (Å²) in [6.07, 6.45) is 8.08. The largest absolute Gasteiger partial charge is 0.316 e. The normalized spacial score (nSPS) is 18.7. The monoisotopic (exact) mass is 259 g/mol. The Labute approximate surface area is 118 Å². The predicted octanol–water partition coefficient (Wildman–Crippen LogP) is 4.52. The third-order valence-corrected chi connectivity index (χ3v) is 5.39. The number of likely N-dealkylation sites (N-methyl/N-ethyl adjacent to an activating group) is 1. The second-order valence-corrected chi connectivity index (χ2v) is 6.04. The Morgan fingerprint density at radius 3 is 2.16 bits per heavy atom. The van der Waals surface area contributed by atoms with E-state index < -0.39 is 0 Å². The van der Waals surface area contributed by atoms with Gasteiger partial charge in [0, 0.05) is 11.5 Å². The molecule has 1 aromatic carbocycles. The summed E-state index contributed by atoms with van der Waals surface area (Å²) in [5.74, 6) is 0.852. The van der Waals surface area contributed by atoms with Gasteiger partial charge in [-0.25, -0.2) is 0 Å². The molecular formula is C18H29N. The molecule has 1 N–H and O–H groups in total. The maximum Gasteiger partial charge on any atom is 0.0189 e. The fourth-order valence-corrected chi connectivity index (χ4v) is 4.30. The van der Waals surface area contributed by atoms with E-state index in [0.717, 1.165) is 5.92 Å². The Hall–Kier alpha value is -0.820. The van der Waals surface area contributed by atoms with Crippen molar-refractivity contribution >= 4 is 0 Å². The van der Waals surface area contributed by atoms with Gasteiger partial charge in [-0.2, -0.15) is 0 Å². The number of rotatable bonds is 6. The maximum absolute atomic E-state index is 3.69. The molecule has 0 amide bonds. The fourth-order valence-electron chi connectivity index (χ4n) is 4.30. The van der Waals surface area contributed by atoms with Crippen molar-refractivity contribution in [2.75, 3.05) is 7.05 Å². The molecule has 1 nitrogen and oxygen atoms in total. The van der Waals surface area contributed by atoms with Crippen LogP contribution < -0.4 is 5.32 Å². The Balaban J connectivity index is 2.36. The third-order valence-electron chi connectivity index (χ3n) is 5.39. The van der Waals surface area contributed by atoms with E-state index in [1.165, 1.54) is 44.1 Å². The summed E-state index contributed by atoms with van der Waals surface area (Å²) in [6, 6.07) is 11.8. The number of hydrogen-bond donors (Lipinski definition) is 1. The molecule has 1 aliphatic rings. The van der Waals surface area contributed by atoms with E-state index in [2.05, 4.69) is 56.5 Å². The van der Waals surface area contributed by atoms with Gasteiger partial charge >= 0.3 is 0 Å². The van der Waals surface area contributed by atoms with Crippen LogP contribution in [-0.2, 0) is 5.41 Å². The fraction of sp³-hybridized carbons (Fsp3) is 0.667. The first-order valence-electron chi connectivity index (χ1n) is 8.01. The van der Waals surface area contributed by atoms with Crippen LogP contribution in [0.3, 0.4) is 0 Å². The zero-order valence-electron chi connectivity index (χ0n) is 12.8. The highest BCUT2D eigenvalue weighted by Gasteiger charge is 2.41. The maximum atomic E-state index is 3.69. The van der Waals surface area contributed by atoms with E-state index >= 15 is 0 Å². The Morgan fingerprint density at radius 1 is 1.11 bits per heavy atom. The van der Waals surface area contributed by atoms with Crippen molar-refractivity contribution in [3.05, 3.63) is 35.9 Å². The molecule has 1 aromatic rings. The molecule has 2 rings (SSSR count). The van der Waals surface area contributed by atoms with Crippen LogP contribution >= 0.6 is 0 Å². The van der Waals surface area contributed by atoms with E-state index in [0.29, 0.717) is 11.5 Å². The second kappa shape index (κ2) is 6.56. The standard InChI is InChI=1S/C18H29N/c1-4-18(5-2,16-13-7-6-8-14-16)17(19-3)15-11-9-10-12-15/h6-8,13-15,17,19H,4-5,9-12H2,1-3H3. The first kappa shape index (κ1) is 14.6. The van der Waals surface area contributed by atoms with Crippen LogP contribution in [0.25, 0.3) is 0 Å². The second-order valence-electron chi connectivity index (χ2n) is 6.04. The molecule has 106 valence electrons. The topological polar surface area (TPSA) is 12.0 Å².